The highest BCUT2D eigenvalue weighted by atomic mass is 35.5. The summed E-state index contributed by atoms with van der Waals surface area (Å²) in [6.07, 6.45) is 0.201. The Morgan fingerprint density at radius 2 is 1.71 bits per heavy atom. The Balaban J connectivity index is 1.74. The van der Waals surface area contributed by atoms with E-state index in [9.17, 15) is 14.4 Å². The average Bonchev–Trinajstić information content (AvgIpc) is 2.91. The minimum Gasteiger partial charge on any atom is -0.497 e. The fourth-order valence-electron chi connectivity index (χ4n) is 3.82. The van der Waals surface area contributed by atoms with Gasteiger partial charge >= 0.3 is 5.97 Å². The molecule has 1 atom stereocenters. The van der Waals surface area contributed by atoms with Gasteiger partial charge in [-0.25, -0.2) is 4.79 Å². The molecule has 2 N–H and O–H groups in total. The lowest BCUT2D eigenvalue weighted by Crippen LogP contribution is -2.46. The lowest BCUT2D eigenvalue weighted by Gasteiger charge is -2.29. The van der Waals surface area contributed by atoms with E-state index in [0.29, 0.717) is 32.6 Å². The second-order valence-corrected chi connectivity index (χ2v) is 8.62. The highest BCUT2D eigenvalue weighted by molar-refractivity contribution is 6.42. The van der Waals surface area contributed by atoms with Crippen LogP contribution < -0.4 is 10.1 Å². The van der Waals surface area contributed by atoms with Gasteiger partial charge < -0.3 is 20.1 Å². The molecule has 0 fully saturated rings. The molecule has 1 aliphatic rings. The monoisotopic (exact) mass is 498 g/mol. The number of carboxylic acid groups (broad SMARTS) is 1. The number of benzene rings is 3. The van der Waals surface area contributed by atoms with Gasteiger partial charge in [0.25, 0.3) is 5.91 Å². The van der Waals surface area contributed by atoms with Crippen molar-refractivity contribution in [1.29, 1.82) is 0 Å². The van der Waals surface area contributed by atoms with Crippen molar-refractivity contribution in [3.63, 3.8) is 0 Å². The Morgan fingerprint density at radius 1 is 1.00 bits per heavy atom. The van der Waals surface area contributed by atoms with Gasteiger partial charge in [-0.3, -0.25) is 9.59 Å². The standard InChI is InChI=1S/C25H20Cl2N2O5/c1-34-17-7-8-18-21(12-17)28-23(30)22(11-15-4-9-19(26)20(27)10-15)29(24(18)31)13-14-2-5-16(6-3-14)25(32)33/h2-10,12,22H,11,13H2,1H3,(H,28,30)(H,32,33). The molecule has 0 bridgehead atoms. The summed E-state index contributed by atoms with van der Waals surface area (Å²) in [5.41, 5.74) is 2.23. The van der Waals surface area contributed by atoms with Gasteiger partial charge in [0.05, 0.1) is 34.0 Å². The molecule has 4 rings (SSSR count). The number of carbonyl (C=O) groups excluding carboxylic acids is 2. The smallest absolute Gasteiger partial charge is 0.335 e. The number of methoxy groups -OCH3 is 1. The molecule has 0 aliphatic carbocycles. The number of hydrogen-bond acceptors (Lipinski definition) is 4. The van der Waals surface area contributed by atoms with Crippen molar-refractivity contribution < 1.29 is 24.2 Å². The Bertz CT molecular complexity index is 1280. The molecule has 1 heterocycles. The molecule has 3 aromatic rings. The van der Waals surface area contributed by atoms with Crippen LogP contribution in [0.4, 0.5) is 5.69 Å². The van der Waals surface area contributed by atoms with Gasteiger partial charge in [-0.15, -0.1) is 0 Å². The number of fused-ring (bicyclic) bond motifs is 1. The van der Waals surface area contributed by atoms with Crippen LogP contribution in [0.1, 0.15) is 31.8 Å². The van der Waals surface area contributed by atoms with E-state index in [1.165, 1.54) is 24.1 Å². The molecule has 0 radical (unpaired) electrons. The third-order valence-corrected chi connectivity index (χ3v) is 6.36. The number of carbonyl (C=O) groups is 3. The minimum absolute atomic E-state index is 0.101. The first-order valence-corrected chi connectivity index (χ1v) is 11.1. The number of aromatic carboxylic acids is 1. The molecular weight excluding hydrogens is 479 g/mol. The van der Waals surface area contributed by atoms with Crippen molar-refractivity contribution in [2.45, 2.75) is 19.0 Å². The number of nitrogens with zero attached hydrogens (tertiary/aromatic N) is 1. The topological polar surface area (TPSA) is 95.9 Å². The first kappa shape index (κ1) is 23.6. The van der Waals surface area contributed by atoms with Crippen LogP contribution in [0.2, 0.25) is 10.0 Å². The quantitative estimate of drug-likeness (QED) is 0.503. The second kappa shape index (κ2) is 9.75. The number of anilines is 1. The van der Waals surface area contributed by atoms with Gasteiger partial charge in [0.1, 0.15) is 11.8 Å². The normalized spacial score (nSPS) is 15.4. The summed E-state index contributed by atoms with van der Waals surface area (Å²) in [6.45, 7) is 0.101. The van der Waals surface area contributed by atoms with Crippen LogP contribution in [0, 0.1) is 0 Å². The van der Waals surface area contributed by atoms with Crippen LogP contribution in [0.15, 0.2) is 60.7 Å². The number of rotatable bonds is 6. The number of ether oxygens (including phenoxy) is 1. The van der Waals surface area contributed by atoms with Crippen LogP contribution in [0.25, 0.3) is 0 Å². The molecule has 174 valence electrons. The third-order valence-electron chi connectivity index (χ3n) is 5.62. The van der Waals surface area contributed by atoms with Gasteiger partial charge in [-0.2, -0.15) is 0 Å². The summed E-state index contributed by atoms with van der Waals surface area (Å²) < 4.78 is 5.24. The van der Waals surface area contributed by atoms with Crippen molar-refractivity contribution >= 4 is 46.7 Å². The van der Waals surface area contributed by atoms with E-state index in [2.05, 4.69) is 5.32 Å². The molecule has 7 nitrogen and oxygen atoms in total. The first-order valence-electron chi connectivity index (χ1n) is 10.3. The maximum atomic E-state index is 13.6. The third kappa shape index (κ3) is 4.85. The first-order chi connectivity index (χ1) is 16.3. The lowest BCUT2D eigenvalue weighted by atomic mass is 10.0. The van der Waals surface area contributed by atoms with Crippen molar-refractivity contribution in [3.05, 3.63) is 93.0 Å². The van der Waals surface area contributed by atoms with E-state index < -0.39 is 12.0 Å². The maximum Gasteiger partial charge on any atom is 0.335 e. The summed E-state index contributed by atoms with van der Waals surface area (Å²) in [4.78, 5) is 39.6. The highest BCUT2D eigenvalue weighted by Crippen LogP contribution is 2.30. The summed E-state index contributed by atoms with van der Waals surface area (Å²) in [5.74, 6) is -1.25. The number of halogens is 2. The predicted molar refractivity (Wildman–Crippen MR) is 129 cm³/mol. The van der Waals surface area contributed by atoms with E-state index in [1.807, 2.05) is 0 Å². The summed E-state index contributed by atoms with van der Waals surface area (Å²) in [7, 11) is 1.50. The minimum atomic E-state index is -1.04. The van der Waals surface area contributed by atoms with Gasteiger partial charge in [-0.1, -0.05) is 41.4 Å². The summed E-state index contributed by atoms with van der Waals surface area (Å²) in [5, 5.41) is 12.7. The van der Waals surface area contributed by atoms with Crippen molar-refractivity contribution in [1.82, 2.24) is 4.90 Å². The Kier molecular flexibility index (Phi) is 6.77. The zero-order chi connectivity index (χ0) is 24.4. The molecule has 3 aromatic carbocycles. The summed E-state index contributed by atoms with van der Waals surface area (Å²) >= 11 is 12.2. The molecule has 34 heavy (non-hydrogen) atoms. The van der Waals surface area contributed by atoms with Crippen molar-refractivity contribution in [2.24, 2.45) is 0 Å². The van der Waals surface area contributed by atoms with Crippen molar-refractivity contribution in [3.8, 4) is 5.75 Å². The van der Waals surface area contributed by atoms with Gasteiger partial charge in [0.15, 0.2) is 0 Å². The van der Waals surface area contributed by atoms with E-state index in [-0.39, 0.29) is 30.3 Å². The fraction of sp³-hybridized carbons (Fsp3) is 0.160. The molecule has 0 spiro atoms. The fourth-order valence-corrected chi connectivity index (χ4v) is 4.14. The molecule has 2 amide bonds. The van der Waals surface area contributed by atoms with E-state index >= 15 is 0 Å². The van der Waals surface area contributed by atoms with Gasteiger partial charge in [0.2, 0.25) is 5.91 Å². The van der Waals surface area contributed by atoms with Crippen LogP contribution >= 0.6 is 23.2 Å². The Labute approximate surface area is 205 Å². The van der Waals surface area contributed by atoms with Gasteiger partial charge in [-0.05, 0) is 47.5 Å². The average molecular weight is 499 g/mol. The van der Waals surface area contributed by atoms with E-state index in [0.717, 1.165) is 5.56 Å². The Hall–Kier alpha value is -3.55. The number of carboxylic acids is 1. The van der Waals surface area contributed by atoms with Gasteiger partial charge in [0, 0.05) is 19.0 Å². The van der Waals surface area contributed by atoms with Crippen molar-refractivity contribution in [2.75, 3.05) is 12.4 Å². The molecule has 1 unspecified atom stereocenters. The number of amides is 2. The molecule has 0 aromatic heterocycles. The second-order valence-electron chi connectivity index (χ2n) is 7.80. The van der Waals surface area contributed by atoms with Crippen LogP contribution in [-0.2, 0) is 17.8 Å². The SMILES string of the molecule is COc1ccc2c(c1)NC(=O)C(Cc1ccc(Cl)c(Cl)c1)N(Cc1ccc(C(=O)O)cc1)C2=O. The van der Waals surface area contributed by atoms with E-state index in [4.69, 9.17) is 33.0 Å². The lowest BCUT2D eigenvalue weighted by molar-refractivity contribution is -0.120. The maximum absolute atomic E-state index is 13.6. The van der Waals surface area contributed by atoms with Crippen LogP contribution in [0.5, 0.6) is 5.75 Å². The molecule has 0 saturated heterocycles. The molecular formula is C25H20Cl2N2O5. The predicted octanol–water partition coefficient (Wildman–Crippen LogP) is 4.91. The highest BCUT2D eigenvalue weighted by Gasteiger charge is 2.35. The number of hydrogen-bond donors (Lipinski definition) is 2. The summed E-state index contributed by atoms with van der Waals surface area (Å²) in [6, 6.07) is 15.3. The molecule has 1 aliphatic heterocycles. The zero-order valence-electron chi connectivity index (χ0n) is 18.0. The molecule has 9 heteroatoms. The van der Waals surface area contributed by atoms with E-state index in [1.54, 1.807) is 48.5 Å². The zero-order valence-corrected chi connectivity index (χ0v) is 19.6. The van der Waals surface area contributed by atoms with Crippen LogP contribution in [-0.4, -0.2) is 40.9 Å². The Morgan fingerprint density at radius 3 is 2.35 bits per heavy atom. The molecule has 0 saturated carbocycles. The largest absolute Gasteiger partial charge is 0.497 e. The number of nitrogens with one attached hydrogen (secondary N) is 1. The van der Waals surface area contributed by atoms with Crippen LogP contribution in [0.3, 0.4) is 0 Å².